The number of thiophene rings is 1. The Morgan fingerprint density at radius 1 is 1.10 bits per heavy atom. The Morgan fingerprint density at radius 2 is 1.87 bits per heavy atom. The number of carbonyl (C=O) groups is 2. The van der Waals surface area contributed by atoms with Crippen LogP contribution in [0.3, 0.4) is 0 Å². The van der Waals surface area contributed by atoms with E-state index in [1.165, 1.54) is 23.3 Å². The van der Waals surface area contributed by atoms with Crippen molar-refractivity contribution in [3.05, 3.63) is 76.4 Å². The van der Waals surface area contributed by atoms with Crippen LogP contribution in [0, 0.1) is 0 Å². The van der Waals surface area contributed by atoms with Crippen LogP contribution in [0.1, 0.15) is 17.7 Å². The summed E-state index contributed by atoms with van der Waals surface area (Å²) in [6, 6.07) is 15.5. The first-order valence-electron chi connectivity index (χ1n) is 9.22. The molecule has 0 atom stereocenters. The number of hydrogen-bond donors (Lipinski definition) is 0. The maximum atomic E-state index is 12.4. The van der Waals surface area contributed by atoms with Gasteiger partial charge in [0.15, 0.2) is 15.6 Å². The van der Waals surface area contributed by atoms with Gasteiger partial charge in [-0.15, -0.1) is 11.3 Å². The normalized spacial score (nSPS) is 14.0. The van der Waals surface area contributed by atoms with Crippen LogP contribution in [-0.2, 0) is 25.8 Å². The number of ketones is 1. The summed E-state index contributed by atoms with van der Waals surface area (Å²) in [6.07, 6.45) is 1.51. The van der Waals surface area contributed by atoms with Crippen LogP contribution >= 0.6 is 22.9 Å². The minimum atomic E-state index is -3.73. The molecule has 2 aromatic heterocycles. The molecule has 10 heteroatoms. The number of hydrazone groups is 1. The quantitative estimate of drug-likeness (QED) is 0.523. The Morgan fingerprint density at radius 3 is 2.52 bits per heavy atom. The predicted octanol–water partition coefficient (Wildman–Crippen LogP) is 3.52. The van der Waals surface area contributed by atoms with Gasteiger partial charge in [0.05, 0.1) is 28.4 Å². The lowest BCUT2D eigenvalue weighted by Gasteiger charge is -2.11. The van der Waals surface area contributed by atoms with E-state index in [4.69, 9.17) is 11.6 Å². The number of halogens is 1. The second-order valence-electron chi connectivity index (χ2n) is 6.84. The third kappa shape index (κ3) is 4.90. The molecule has 1 amide bonds. The molecule has 0 bridgehead atoms. The molecule has 0 aliphatic carbocycles. The zero-order valence-electron chi connectivity index (χ0n) is 16.1. The van der Waals surface area contributed by atoms with Gasteiger partial charge >= 0.3 is 0 Å². The summed E-state index contributed by atoms with van der Waals surface area (Å²) in [5.74, 6) is -1.28. The second-order valence-corrected chi connectivity index (χ2v) is 10.8. The van der Waals surface area contributed by atoms with E-state index in [0.717, 1.165) is 16.9 Å². The Hall–Kier alpha value is -2.88. The van der Waals surface area contributed by atoms with Gasteiger partial charge in [0.25, 0.3) is 5.91 Å². The van der Waals surface area contributed by atoms with E-state index >= 15 is 0 Å². The summed E-state index contributed by atoms with van der Waals surface area (Å²) in [5.41, 5.74) is 2.44. The van der Waals surface area contributed by atoms with Gasteiger partial charge in [0, 0.05) is 12.1 Å². The first-order valence-corrected chi connectivity index (χ1v) is 12.1. The zero-order valence-corrected chi connectivity index (χ0v) is 18.5. The van der Waals surface area contributed by atoms with Gasteiger partial charge in [0.2, 0.25) is 0 Å². The highest BCUT2D eigenvalue weighted by Crippen LogP contribution is 2.27. The highest BCUT2D eigenvalue weighted by atomic mass is 35.5. The smallest absolute Gasteiger partial charge is 0.253 e. The van der Waals surface area contributed by atoms with Gasteiger partial charge in [-0.1, -0.05) is 41.9 Å². The Labute approximate surface area is 187 Å². The third-order valence-corrected chi connectivity index (χ3v) is 8.01. The lowest BCUT2D eigenvalue weighted by molar-refractivity contribution is -0.117. The average molecular weight is 474 g/mol. The molecule has 0 unspecified atom stereocenters. The molecule has 31 heavy (non-hydrogen) atoms. The van der Waals surface area contributed by atoms with Gasteiger partial charge in [-0.05, 0) is 29.8 Å². The molecule has 0 saturated heterocycles. The van der Waals surface area contributed by atoms with E-state index in [-0.39, 0.29) is 23.0 Å². The van der Waals surface area contributed by atoms with Crippen LogP contribution in [0.4, 0.5) is 5.69 Å². The maximum Gasteiger partial charge on any atom is 0.253 e. The van der Waals surface area contributed by atoms with Crippen molar-refractivity contribution < 1.29 is 18.0 Å². The van der Waals surface area contributed by atoms with Gasteiger partial charge in [-0.3, -0.25) is 14.6 Å². The van der Waals surface area contributed by atoms with Crippen LogP contribution in [0.15, 0.2) is 70.1 Å². The minimum Gasteiger partial charge on any atom is -0.298 e. The molecule has 0 spiro atoms. The molecule has 0 saturated carbocycles. The van der Waals surface area contributed by atoms with Crippen LogP contribution in [0.25, 0.3) is 0 Å². The van der Waals surface area contributed by atoms with Crippen molar-refractivity contribution in [3.8, 4) is 0 Å². The van der Waals surface area contributed by atoms with Gasteiger partial charge in [0.1, 0.15) is 9.96 Å². The van der Waals surface area contributed by atoms with Crippen molar-refractivity contribution in [1.29, 1.82) is 0 Å². The molecule has 1 aromatic carbocycles. The predicted molar refractivity (Wildman–Crippen MR) is 119 cm³/mol. The second kappa shape index (κ2) is 8.70. The van der Waals surface area contributed by atoms with Crippen LogP contribution < -0.4 is 5.01 Å². The van der Waals surface area contributed by atoms with Crippen LogP contribution in [0.5, 0.6) is 0 Å². The number of nitrogens with zero attached hydrogens (tertiary/aromatic N) is 3. The summed E-state index contributed by atoms with van der Waals surface area (Å²) in [6.45, 7) is 0. The number of hydrogen-bond acceptors (Lipinski definition) is 7. The number of aromatic nitrogens is 1. The van der Waals surface area contributed by atoms with Gasteiger partial charge in [-0.25, -0.2) is 8.42 Å². The van der Waals surface area contributed by atoms with Crippen LogP contribution in [0.2, 0.25) is 4.34 Å². The Balaban J connectivity index is 1.43. The molecule has 1 aliphatic heterocycles. The Bertz CT molecular complexity index is 1270. The molecular formula is C21H16ClN3O4S2. The SMILES string of the molecule is O=C(Cc1ccc(N2N=C(c3ccccc3)CC2=O)cn1)CS(=O)(=O)c1ccc(Cl)s1. The fraction of sp³-hybridized carbons (Fsp3) is 0.143. The van der Waals surface area contributed by atoms with Gasteiger partial charge < -0.3 is 0 Å². The number of Topliss-reactive ketones (excluding diaryl/α,β-unsaturated/α-hetero) is 1. The molecule has 3 heterocycles. The van der Waals surface area contributed by atoms with Crippen molar-refractivity contribution in [2.24, 2.45) is 5.10 Å². The summed E-state index contributed by atoms with van der Waals surface area (Å²) in [5, 5.41) is 5.67. The number of sulfone groups is 1. The molecule has 158 valence electrons. The average Bonchev–Trinajstić information content (AvgIpc) is 3.35. The number of carbonyl (C=O) groups excluding carboxylic acids is 2. The number of benzene rings is 1. The standard InChI is InChI=1S/C21H16ClN3O4S2/c22-19-8-9-21(30-19)31(28,29)13-17(26)10-15-6-7-16(12-23-15)25-20(27)11-18(24-25)14-4-2-1-3-5-14/h1-9,12H,10-11,13H2. The molecule has 0 radical (unpaired) electrons. The van der Waals surface area contributed by atoms with E-state index in [1.807, 2.05) is 30.3 Å². The van der Waals surface area contributed by atoms with Crippen LogP contribution in [-0.4, -0.2) is 36.6 Å². The van der Waals surface area contributed by atoms with Crippen molar-refractivity contribution in [3.63, 3.8) is 0 Å². The van der Waals surface area contributed by atoms with E-state index in [9.17, 15) is 18.0 Å². The first-order chi connectivity index (χ1) is 14.8. The van der Waals surface area contributed by atoms with Crippen molar-refractivity contribution >= 4 is 55.9 Å². The van der Waals surface area contributed by atoms with Crippen molar-refractivity contribution in [2.45, 2.75) is 17.1 Å². The van der Waals surface area contributed by atoms with E-state index in [2.05, 4.69) is 10.1 Å². The zero-order chi connectivity index (χ0) is 22.0. The summed E-state index contributed by atoms with van der Waals surface area (Å²) < 4.78 is 25.0. The van der Waals surface area contributed by atoms with Crippen molar-refractivity contribution in [1.82, 2.24) is 4.98 Å². The molecular weight excluding hydrogens is 458 g/mol. The van der Waals surface area contributed by atoms with E-state index in [1.54, 1.807) is 12.1 Å². The number of anilines is 1. The molecule has 0 fully saturated rings. The van der Waals surface area contributed by atoms with Gasteiger partial charge in [-0.2, -0.15) is 10.1 Å². The molecule has 3 aromatic rings. The van der Waals surface area contributed by atoms with Crippen molar-refractivity contribution in [2.75, 3.05) is 10.8 Å². The molecule has 4 rings (SSSR count). The molecule has 1 aliphatic rings. The summed E-state index contributed by atoms with van der Waals surface area (Å²) in [7, 11) is -3.73. The first kappa shape index (κ1) is 21.4. The van der Waals surface area contributed by atoms with E-state index in [0.29, 0.717) is 21.4 Å². The minimum absolute atomic E-state index is 0.0637. The highest BCUT2D eigenvalue weighted by Gasteiger charge is 2.26. The molecule has 0 N–H and O–H groups in total. The maximum absolute atomic E-state index is 12.4. The monoisotopic (exact) mass is 473 g/mol. The number of amides is 1. The van der Waals surface area contributed by atoms with E-state index < -0.39 is 21.4 Å². The largest absolute Gasteiger partial charge is 0.298 e. The molecule has 7 nitrogen and oxygen atoms in total. The number of pyridine rings is 1. The lowest BCUT2D eigenvalue weighted by Crippen LogP contribution is -2.20. The fourth-order valence-electron chi connectivity index (χ4n) is 3.07. The Kier molecular flexibility index (Phi) is 5.99. The number of rotatable bonds is 7. The highest BCUT2D eigenvalue weighted by molar-refractivity contribution is 7.94. The topological polar surface area (TPSA) is 96.8 Å². The fourth-order valence-corrected chi connectivity index (χ4v) is 5.88. The summed E-state index contributed by atoms with van der Waals surface area (Å²) >= 11 is 6.70. The summed E-state index contributed by atoms with van der Waals surface area (Å²) in [4.78, 5) is 28.8. The third-order valence-electron chi connectivity index (χ3n) is 4.52. The lowest BCUT2D eigenvalue weighted by atomic mass is 10.1.